The third kappa shape index (κ3) is 3.19. The van der Waals surface area contributed by atoms with Gasteiger partial charge in [0.15, 0.2) is 5.96 Å². The summed E-state index contributed by atoms with van der Waals surface area (Å²) >= 11 is 0. The van der Waals surface area contributed by atoms with Gasteiger partial charge < -0.3 is 15.5 Å². The Hall–Kier alpha value is -1.70. The van der Waals surface area contributed by atoms with Crippen LogP contribution in [0.25, 0.3) is 0 Å². The highest BCUT2D eigenvalue weighted by molar-refractivity contribution is 5.81. The molecule has 0 bridgehead atoms. The fourth-order valence-corrected chi connectivity index (χ4v) is 2.98. The van der Waals surface area contributed by atoms with Gasteiger partial charge in [-0.1, -0.05) is 5.92 Å². The van der Waals surface area contributed by atoms with Crippen molar-refractivity contribution in [2.24, 2.45) is 10.4 Å². The number of rotatable bonds is 2. The van der Waals surface area contributed by atoms with Gasteiger partial charge in [-0.3, -0.25) is 4.79 Å². The largest absolute Gasteiger partial charge is 0.356 e. The van der Waals surface area contributed by atoms with Gasteiger partial charge in [0.25, 0.3) is 0 Å². The lowest BCUT2D eigenvalue weighted by molar-refractivity contribution is -0.119. The van der Waals surface area contributed by atoms with Gasteiger partial charge in [0.1, 0.15) is 6.54 Å². The average molecular weight is 262 g/mol. The van der Waals surface area contributed by atoms with Crippen LogP contribution in [0.3, 0.4) is 0 Å². The number of piperidine rings is 1. The van der Waals surface area contributed by atoms with Crippen LogP contribution in [-0.4, -0.2) is 49.5 Å². The van der Waals surface area contributed by atoms with Gasteiger partial charge in [0.05, 0.1) is 0 Å². The Kier molecular flexibility index (Phi) is 4.31. The molecule has 19 heavy (non-hydrogen) atoms. The fraction of sp³-hybridized carbons (Fsp3) is 0.714. The molecular weight excluding hydrogens is 240 g/mol. The average Bonchev–Trinajstić information content (AvgIpc) is 2.75. The van der Waals surface area contributed by atoms with Crippen molar-refractivity contribution in [3.05, 3.63) is 0 Å². The summed E-state index contributed by atoms with van der Waals surface area (Å²) in [6.45, 7) is 5.91. The minimum atomic E-state index is 0.0850. The van der Waals surface area contributed by atoms with E-state index in [0.717, 1.165) is 45.0 Å². The van der Waals surface area contributed by atoms with E-state index in [-0.39, 0.29) is 11.3 Å². The summed E-state index contributed by atoms with van der Waals surface area (Å²) in [5, 5.41) is 6.24. The normalized spacial score (nSPS) is 27.3. The number of hydrogen-bond acceptors (Lipinski definition) is 2. The van der Waals surface area contributed by atoms with Crippen molar-refractivity contribution in [1.29, 1.82) is 0 Å². The molecule has 2 N–H and O–H groups in total. The van der Waals surface area contributed by atoms with Crippen molar-refractivity contribution >= 4 is 11.9 Å². The zero-order chi connectivity index (χ0) is 13.7. The van der Waals surface area contributed by atoms with E-state index in [1.165, 1.54) is 0 Å². The third-order valence-electron chi connectivity index (χ3n) is 3.81. The monoisotopic (exact) mass is 262 g/mol. The molecule has 2 fully saturated rings. The lowest BCUT2D eigenvalue weighted by atomic mass is 9.79. The Balaban J connectivity index is 2.07. The molecule has 2 aliphatic rings. The first kappa shape index (κ1) is 13.7. The van der Waals surface area contributed by atoms with Crippen molar-refractivity contribution in [3.8, 4) is 12.3 Å². The fourth-order valence-electron chi connectivity index (χ4n) is 2.98. The van der Waals surface area contributed by atoms with E-state index < -0.39 is 0 Å². The van der Waals surface area contributed by atoms with Gasteiger partial charge >= 0.3 is 0 Å². The summed E-state index contributed by atoms with van der Waals surface area (Å²) in [6, 6.07) is 0. The van der Waals surface area contributed by atoms with Gasteiger partial charge in [-0.2, -0.15) is 0 Å². The van der Waals surface area contributed by atoms with Crippen LogP contribution < -0.4 is 10.6 Å². The topological polar surface area (TPSA) is 56.7 Å². The molecule has 2 heterocycles. The molecular formula is C14H22N4O. The maximum Gasteiger partial charge on any atom is 0.220 e. The van der Waals surface area contributed by atoms with E-state index in [4.69, 9.17) is 6.42 Å². The first-order valence-electron chi connectivity index (χ1n) is 6.92. The number of aliphatic imine (C=N–C) groups is 1. The molecule has 1 atom stereocenters. The van der Waals surface area contributed by atoms with Crippen molar-refractivity contribution in [3.63, 3.8) is 0 Å². The van der Waals surface area contributed by atoms with Crippen molar-refractivity contribution in [2.75, 3.05) is 32.7 Å². The van der Waals surface area contributed by atoms with Crippen LogP contribution in [-0.2, 0) is 4.79 Å². The smallest absolute Gasteiger partial charge is 0.220 e. The van der Waals surface area contributed by atoms with Crippen LogP contribution in [0.15, 0.2) is 4.99 Å². The summed E-state index contributed by atoms with van der Waals surface area (Å²) in [4.78, 5) is 18.1. The van der Waals surface area contributed by atoms with Gasteiger partial charge in [-0.25, -0.2) is 4.99 Å². The number of guanidine groups is 1. The van der Waals surface area contributed by atoms with Crippen molar-refractivity contribution < 1.29 is 4.79 Å². The molecule has 0 aromatic carbocycles. The molecule has 2 saturated heterocycles. The zero-order valence-electron chi connectivity index (χ0n) is 11.5. The second kappa shape index (κ2) is 5.96. The van der Waals surface area contributed by atoms with E-state index in [0.29, 0.717) is 13.0 Å². The Labute approximate surface area is 114 Å². The van der Waals surface area contributed by atoms with E-state index in [1.54, 1.807) is 0 Å². The van der Waals surface area contributed by atoms with Gasteiger partial charge in [-0.05, 0) is 19.8 Å². The highest BCUT2D eigenvalue weighted by Gasteiger charge is 2.42. The molecule has 2 aliphatic heterocycles. The highest BCUT2D eigenvalue weighted by atomic mass is 16.1. The zero-order valence-corrected chi connectivity index (χ0v) is 11.5. The van der Waals surface area contributed by atoms with Crippen molar-refractivity contribution in [1.82, 2.24) is 15.5 Å². The van der Waals surface area contributed by atoms with Gasteiger partial charge in [0, 0.05) is 38.0 Å². The number of nitrogens with one attached hydrogen (secondary N) is 2. The van der Waals surface area contributed by atoms with Gasteiger partial charge in [0.2, 0.25) is 5.91 Å². The minimum Gasteiger partial charge on any atom is -0.356 e. The summed E-state index contributed by atoms with van der Waals surface area (Å²) in [7, 11) is 0. The first-order chi connectivity index (χ1) is 9.19. The molecule has 0 radical (unpaired) electrons. The number of carbonyl (C=O) groups is 1. The van der Waals surface area contributed by atoms with E-state index in [2.05, 4.69) is 26.4 Å². The molecule has 0 aromatic rings. The number of hydrogen-bond donors (Lipinski definition) is 2. The Morgan fingerprint density at radius 3 is 3.16 bits per heavy atom. The lowest BCUT2D eigenvalue weighted by Crippen LogP contribution is -2.51. The van der Waals surface area contributed by atoms with Crippen LogP contribution in [0, 0.1) is 17.8 Å². The predicted octanol–water partition coefficient (Wildman–Crippen LogP) is 0.187. The van der Waals surface area contributed by atoms with Crippen LogP contribution >= 0.6 is 0 Å². The molecule has 104 valence electrons. The van der Waals surface area contributed by atoms with E-state index >= 15 is 0 Å². The second-order valence-corrected chi connectivity index (χ2v) is 5.35. The SMILES string of the molecule is C#CCN=C(NCC)N1CCCC2(CNC(=O)C2)C1. The van der Waals surface area contributed by atoms with Crippen molar-refractivity contribution in [2.45, 2.75) is 26.2 Å². The molecule has 1 spiro atoms. The third-order valence-corrected chi connectivity index (χ3v) is 3.81. The number of nitrogens with zero attached hydrogens (tertiary/aromatic N) is 2. The number of terminal acetylenes is 1. The molecule has 0 saturated carbocycles. The quantitative estimate of drug-likeness (QED) is 0.424. The Bertz CT molecular complexity index is 412. The number of likely N-dealkylation sites (tertiary alicyclic amines) is 1. The van der Waals surface area contributed by atoms with E-state index in [9.17, 15) is 4.79 Å². The van der Waals surface area contributed by atoms with Crippen LogP contribution in [0.4, 0.5) is 0 Å². The molecule has 5 heteroatoms. The second-order valence-electron chi connectivity index (χ2n) is 5.35. The Morgan fingerprint density at radius 1 is 1.68 bits per heavy atom. The minimum absolute atomic E-state index is 0.0850. The number of amides is 1. The lowest BCUT2D eigenvalue weighted by Gasteiger charge is -2.40. The molecule has 0 aromatic heterocycles. The molecule has 0 aliphatic carbocycles. The summed E-state index contributed by atoms with van der Waals surface area (Å²) in [6.07, 6.45) is 8.12. The summed E-state index contributed by atoms with van der Waals surface area (Å²) in [5.41, 5.74) is 0.0850. The maximum atomic E-state index is 11.5. The Morgan fingerprint density at radius 2 is 2.53 bits per heavy atom. The van der Waals surface area contributed by atoms with Crippen LogP contribution in [0.5, 0.6) is 0 Å². The van der Waals surface area contributed by atoms with Crippen LogP contribution in [0.1, 0.15) is 26.2 Å². The highest BCUT2D eigenvalue weighted by Crippen LogP contribution is 2.35. The predicted molar refractivity (Wildman–Crippen MR) is 75.7 cm³/mol. The van der Waals surface area contributed by atoms with Gasteiger partial charge in [-0.15, -0.1) is 6.42 Å². The standard InChI is InChI=1S/C14H22N4O/c1-3-7-16-13(15-4-2)18-8-5-6-14(11-18)9-12(19)17-10-14/h1H,4-11H2,2H3,(H,15,16)(H,17,19). The molecule has 5 nitrogen and oxygen atoms in total. The summed E-state index contributed by atoms with van der Waals surface area (Å²) < 4.78 is 0. The van der Waals surface area contributed by atoms with Crippen LogP contribution in [0.2, 0.25) is 0 Å². The molecule has 2 rings (SSSR count). The summed E-state index contributed by atoms with van der Waals surface area (Å²) in [5.74, 6) is 3.59. The molecule has 1 unspecified atom stereocenters. The molecule has 1 amide bonds. The maximum absolute atomic E-state index is 11.5. The number of carbonyl (C=O) groups excluding carboxylic acids is 1. The first-order valence-corrected chi connectivity index (χ1v) is 6.92. The van der Waals surface area contributed by atoms with E-state index in [1.807, 2.05) is 6.92 Å².